The standard InChI is InChI=1S/C12H10BrFO2/c13-9-6-2-4-7-3-1-5-8(10(7)9)11(14)12(15)16/h2,4-6,11H,1,3H2,(H,15,16). The van der Waals surface area contributed by atoms with Crippen LogP contribution in [0.2, 0.25) is 0 Å². The first-order chi connectivity index (χ1) is 7.61. The molecule has 16 heavy (non-hydrogen) atoms. The van der Waals surface area contributed by atoms with Gasteiger partial charge in [-0.15, -0.1) is 0 Å². The fraction of sp³-hybridized carbons (Fsp3) is 0.250. The average Bonchev–Trinajstić information content (AvgIpc) is 2.27. The fourth-order valence-corrected chi connectivity index (χ4v) is 2.59. The Morgan fingerprint density at radius 1 is 1.50 bits per heavy atom. The van der Waals surface area contributed by atoms with Gasteiger partial charge >= 0.3 is 5.97 Å². The lowest BCUT2D eigenvalue weighted by Crippen LogP contribution is -2.19. The summed E-state index contributed by atoms with van der Waals surface area (Å²) in [7, 11) is 0. The van der Waals surface area contributed by atoms with Gasteiger partial charge in [0.2, 0.25) is 6.17 Å². The number of carboxylic acid groups (broad SMARTS) is 1. The monoisotopic (exact) mass is 284 g/mol. The second-order valence-electron chi connectivity index (χ2n) is 3.67. The molecular formula is C12H10BrFO2. The van der Waals surface area contributed by atoms with E-state index in [0.29, 0.717) is 12.0 Å². The lowest BCUT2D eigenvalue weighted by molar-refractivity contribution is -0.140. The summed E-state index contributed by atoms with van der Waals surface area (Å²) in [5.41, 5.74) is 1.96. The van der Waals surface area contributed by atoms with Gasteiger partial charge in [0, 0.05) is 10.0 Å². The molecule has 0 amide bonds. The molecule has 0 aliphatic heterocycles. The Bertz CT molecular complexity index is 468. The Labute approximate surface area is 101 Å². The first-order valence-electron chi connectivity index (χ1n) is 4.96. The number of carbonyl (C=O) groups is 1. The van der Waals surface area contributed by atoms with E-state index in [0.717, 1.165) is 16.5 Å². The predicted octanol–water partition coefficient (Wildman–Crippen LogP) is 3.20. The predicted molar refractivity (Wildman–Crippen MR) is 63.0 cm³/mol. The summed E-state index contributed by atoms with van der Waals surface area (Å²) in [6, 6.07) is 5.58. The highest BCUT2D eigenvalue weighted by molar-refractivity contribution is 9.10. The largest absolute Gasteiger partial charge is 0.479 e. The van der Waals surface area contributed by atoms with Crippen molar-refractivity contribution in [2.45, 2.75) is 19.0 Å². The van der Waals surface area contributed by atoms with Crippen LogP contribution in [0.3, 0.4) is 0 Å². The number of alkyl halides is 1. The lowest BCUT2D eigenvalue weighted by Gasteiger charge is -2.20. The second-order valence-corrected chi connectivity index (χ2v) is 4.53. The van der Waals surface area contributed by atoms with Gasteiger partial charge in [0.25, 0.3) is 0 Å². The van der Waals surface area contributed by atoms with E-state index in [-0.39, 0.29) is 5.57 Å². The number of hydrogen-bond donors (Lipinski definition) is 1. The Morgan fingerprint density at radius 2 is 2.25 bits per heavy atom. The minimum Gasteiger partial charge on any atom is -0.479 e. The summed E-state index contributed by atoms with van der Waals surface area (Å²) in [6.07, 6.45) is 1.24. The summed E-state index contributed by atoms with van der Waals surface area (Å²) in [6.45, 7) is 0. The van der Waals surface area contributed by atoms with Crippen molar-refractivity contribution in [3.63, 3.8) is 0 Å². The molecule has 0 saturated carbocycles. The maximum Gasteiger partial charge on any atom is 0.343 e. The third kappa shape index (κ3) is 1.89. The Hall–Kier alpha value is -1.16. The highest BCUT2D eigenvalue weighted by atomic mass is 79.9. The topological polar surface area (TPSA) is 37.3 Å². The Kier molecular flexibility index (Phi) is 3.10. The maximum atomic E-state index is 13.6. The van der Waals surface area contributed by atoms with Gasteiger partial charge in [-0.05, 0) is 30.0 Å². The van der Waals surface area contributed by atoms with E-state index in [2.05, 4.69) is 15.9 Å². The number of carboxylic acids is 1. The van der Waals surface area contributed by atoms with Gasteiger partial charge in [0.05, 0.1) is 0 Å². The normalized spacial score (nSPS) is 16.2. The fourth-order valence-electron chi connectivity index (χ4n) is 1.95. The zero-order chi connectivity index (χ0) is 11.7. The van der Waals surface area contributed by atoms with Crippen LogP contribution in [0.15, 0.2) is 28.7 Å². The van der Waals surface area contributed by atoms with E-state index in [4.69, 9.17) is 5.11 Å². The van der Waals surface area contributed by atoms with Gasteiger partial charge in [0.15, 0.2) is 0 Å². The van der Waals surface area contributed by atoms with E-state index >= 15 is 0 Å². The number of aryl methyl sites for hydroxylation is 1. The summed E-state index contributed by atoms with van der Waals surface area (Å²) >= 11 is 3.34. The molecule has 0 aromatic heterocycles. The third-order valence-corrected chi connectivity index (χ3v) is 3.32. The number of fused-ring (bicyclic) bond motifs is 1. The highest BCUT2D eigenvalue weighted by Gasteiger charge is 2.27. The molecule has 0 fully saturated rings. The third-order valence-electron chi connectivity index (χ3n) is 2.66. The van der Waals surface area contributed by atoms with Crippen LogP contribution in [0.4, 0.5) is 4.39 Å². The summed E-state index contributed by atoms with van der Waals surface area (Å²) in [4.78, 5) is 10.7. The van der Waals surface area contributed by atoms with Gasteiger partial charge in [-0.2, -0.15) is 0 Å². The SMILES string of the molecule is O=C(O)C(F)C1=CCCc2cccc(Br)c21. The van der Waals surface area contributed by atoms with E-state index in [1.54, 1.807) is 12.1 Å². The number of benzene rings is 1. The van der Waals surface area contributed by atoms with Crippen LogP contribution in [0.25, 0.3) is 5.57 Å². The molecule has 1 aliphatic carbocycles. The molecule has 1 aromatic rings. The van der Waals surface area contributed by atoms with Crippen LogP contribution < -0.4 is 0 Å². The molecule has 4 heteroatoms. The van der Waals surface area contributed by atoms with Crippen LogP contribution >= 0.6 is 15.9 Å². The van der Waals surface area contributed by atoms with Gasteiger partial charge in [-0.25, -0.2) is 9.18 Å². The zero-order valence-electron chi connectivity index (χ0n) is 8.41. The van der Waals surface area contributed by atoms with E-state index in [1.165, 1.54) is 0 Å². The van der Waals surface area contributed by atoms with Crippen LogP contribution in [0.5, 0.6) is 0 Å². The van der Waals surface area contributed by atoms with Crippen molar-refractivity contribution in [3.8, 4) is 0 Å². The van der Waals surface area contributed by atoms with Gasteiger partial charge in [0.1, 0.15) is 0 Å². The zero-order valence-corrected chi connectivity index (χ0v) is 10.00. The summed E-state index contributed by atoms with van der Waals surface area (Å²) in [5.74, 6) is -1.44. The quantitative estimate of drug-likeness (QED) is 0.906. The van der Waals surface area contributed by atoms with Crippen LogP contribution in [-0.2, 0) is 11.2 Å². The molecule has 2 rings (SSSR count). The summed E-state index contributed by atoms with van der Waals surface area (Å²) < 4.78 is 14.3. The average molecular weight is 285 g/mol. The number of hydrogen-bond acceptors (Lipinski definition) is 1. The smallest absolute Gasteiger partial charge is 0.343 e. The van der Waals surface area contributed by atoms with E-state index in [9.17, 15) is 9.18 Å². The van der Waals surface area contributed by atoms with Crippen LogP contribution in [0, 0.1) is 0 Å². The van der Waals surface area contributed by atoms with Crippen molar-refractivity contribution < 1.29 is 14.3 Å². The highest BCUT2D eigenvalue weighted by Crippen LogP contribution is 2.35. The molecule has 2 nitrogen and oxygen atoms in total. The molecule has 1 N–H and O–H groups in total. The van der Waals surface area contributed by atoms with Crippen LogP contribution in [0.1, 0.15) is 17.5 Å². The molecule has 1 aromatic carbocycles. The minimum absolute atomic E-state index is 0.265. The number of rotatable bonds is 2. The van der Waals surface area contributed by atoms with Gasteiger partial charge in [-0.1, -0.05) is 34.1 Å². The molecule has 0 heterocycles. The van der Waals surface area contributed by atoms with E-state index < -0.39 is 12.1 Å². The second kappa shape index (κ2) is 4.37. The van der Waals surface area contributed by atoms with E-state index in [1.807, 2.05) is 12.1 Å². The Balaban J connectivity index is 2.51. The molecular weight excluding hydrogens is 275 g/mol. The maximum absolute atomic E-state index is 13.6. The lowest BCUT2D eigenvalue weighted by atomic mass is 9.88. The summed E-state index contributed by atoms with van der Waals surface area (Å²) in [5, 5.41) is 8.72. The van der Waals surface area contributed by atoms with Crippen molar-refractivity contribution in [2.24, 2.45) is 0 Å². The van der Waals surface area contributed by atoms with Crippen molar-refractivity contribution in [1.29, 1.82) is 0 Å². The molecule has 0 radical (unpaired) electrons. The molecule has 0 spiro atoms. The number of allylic oxidation sites excluding steroid dienone is 1. The molecule has 1 aliphatic rings. The van der Waals surface area contributed by atoms with Gasteiger partial charge < -0.3 is 5.11 Å². The molecule has 0 bridgehead atoms. The number of halogens is 2. The van der Waals surface area contributed by atoms with Crippen molar-refractivity contribution in [1.82, 2.24) is 0 Å². The minimum atomic E-state index is -1.95. The molecule has 0 saturated heterocycles. The molecule has 84 valence electrons. The van der Waals surface area contributed by atoms with Gasteiger partial charge in [-0.3, -0.25) is 0 Å². The first-order valence-corrected chi connectivity index (χ1v) is 5.75. The van der Waals surface area contributed by atoms with Crippen molar-refractivity contribution >= 4 is 27.5 Å². The van der Waals surface area contributed by atoms with Crippen molar-refractivity contribution in [2.75, 3.05) is 0 Å². The van der Waals surface area contributed by atoms with Crippen molar-refractivity contribution in [3.05, 3.63) is 39.9 Å². The Morgan fingerprint density at radius 3 is 2.94 bits per heavy atom. The number of aliphatic carboxylic acids is 1. The van der Waals surface area contributed by atoms with Crippen LogP contribution in [-0.4, -0.2) is 17.2 Å². The first kappa shape index (κ1) is 11.3. The molecule has 1 atom stereocenters. The molecule has 1 unspecified atom stereocenters.